The minimum atomic E-state index is 0.0946. The van der Waals surface area contributed by atoms with Gasteiger partial charge < -0.3 is 9.64 Å². The molecule has 22 heavy (non-hydrogen) atoms. The van der Waals surface area contributed by atoms with Crippen LogP contribution in [0.4, 0.5) is 0 Å². The first kappa shape index (κ1) is 16.4. The minimum Gasteiger partial charge on any atom is -0.496 e. The van der Waals surface area contributed by atoms with Crippen LogP contribution in [0.5, 0.6) is 5.75 Å². The number of likely N-dealkylation sites (N-methyl/N-ethyl adjacent to an activating group) is 1. The molecule has 0 bridgehead atoms. The van der Waals surface area contributed by atoms with Gasteiger partial charge in [0.2, 0.25) is 5.91 Å². The van der Waals surface area contributed by atoms with E-state index < -0.39 is 0 Å². The number of hydrogen-bond donors (Lipinski definition) is 0. The van der Waals surface area contributed by atoms with Gasteiger partial charge in [0.05, 0.1) is 13.5 Å². The van der Waals surface area contributed by atoms with E-state index in [-0.39, 0.29) is 5.91 Å². The van der Waals surface area contributed by atoms with Gasteiger partial charge >= 0.3 is 0 Å². The Morgan fingerprint density at radius 3 is 2.50 bits per heavy atom. The fraction of sp³-hybridized carbons (Fsp3) is 0.278. The van der Waals surface area contributed by atoms with Crippen molar-refractivity contribution in [3.8, 4) is 5.75 Å². The van der Waals surface area contributed by atoms with Gasteiger partial charge in [-0.3, -0.25) is 4.79 Å². The molecule has 0 atom stereocenters. The van der Waals surface area contributed by atoms with Crippen molar-refractivity contribution in [1.29, 1.82) is 0 Å². The quantitative estimate of drug-likeness (QED) is 0.815. The van der Waals surface area contributed by atoms with Gasteiger partial charge in [0.25, 0.3) is 0 Å². The smallest absolute Gasteiger partial charge is 0.226 e. The lowest BCUT2D eigenvalue weighted by molar-refractivity contribution is -0.129. The number of amides is 1. The van der Waals surface area contributed by atoms with E-state index in [1.165, 1.54) is 0 Å². The first-order valence-electron chi connectivity index (χ1n) is 7.20. The highest BCUT2D eigenvalue weighted by atomic mass is 35.5. The maximum atomic E-state index is 12.2. The molecule has 116 valence electrons. The second-order valence-electron chi connectivity index (χ2n) is 5.18. The number of benzene rings is 2. The van der Waals surface area contributed by atoms with Crippen LogP contribution in [-0.4, -0.2) is 31.5 Å². The summed E-state index contributed by atoms with van der Waals surface area (Å²) in [7, 11) is 3.49. The number of ether oxygens (including phenoxy) is 1. The molecule has 0 aliphatic heterocycles. The van der Waals surface area contributed by atoms with E-state index in [0.717, 1.165) is 23.3 Å². The highest BCUT2D eigenvalue weighted by molar-refractivity contribution is 6.30. The van der Waals surface area contributed by atoms with Crippen molar-refractivity contribution in [1.82, 2.24) is 4.90 Å². The monoisotopic (exact) mass is 317 g/mol. The average Bonchev–Trinajstić information content (AvgIpc) is 2.54. The lowest BCUT2D eigenvalue weighted by atomic mass is 10.1. The average molecular weight is 318 g/mol. The van der Waals surface area contributed by atoms with Crippen LogP contribution < -0.4 is 4.74 Å². The summed E-state index contributed by atoms with van der Waals surface area (Å²) in [6.45, 7) is 0.660. The molecule has 0 heterocycles. The zero-order valence-corrected chi connectivity index (χ0v) is 13.6. The standard InChI is InChI=1S/C18H20ClNO2/c1-20(12-11-15-5-3-4-6-17(15)22-2)18(21)13-14-7-9-16(19)10-8-14/h3-10H,11-13H2,1-2H3. The summed E-state index contributed by atoms with van der Waals surface area (Å²) in [6.07, 6.45) is 1.16. The van der Waals surface area contributed by atoms with Crippen LogP contribution in [0.2, 0.25) is 5.02 Å². The van der Waals surface area contributed by atoms with Crippen LogP contribution in [0.3, 0.4) is 0 Å². The van der Waals surface area contributed by atoms with E-state index in [1.54, 1.807) is 24.1 Å². The fourth-order valence-electron chi connectivity index (χ4n) is 2.23. The number of hydrogen-bond acceptors (Lipinski definition) is 2. The van der Waals surface area contributed by atoms with E-state index in [4.69, 9.17) is 16.3 Å². The number of halogens is 1. The van der Waals surface area contributed by atoms with Crippen LogP contribution in [-0.2, 0) is 17.6 Å². The fourth-order valence-corrected chi connectivity index (χ4v) is 2.36. The molecule has 0 fully saturated rings. The Labute approximate surface area is 136 Å². The number of methoxy groups -OCH3 is 1. The van der Waals surface area contributed by atoms with Gasteiger partial charge in [-0.1, -0.05) is 41.9 Å². The molecule has 0 N–H and O–H groups in total. The Kier molecular flexibility index (Phi) is 5.84. The van der Waals surface area contributed by atoms with Crippen LogP contribution in [0, 0.1) is 0 Å². The Hall–Kier alpha value is -2.00. The molecule has 0 unspecified atom stereocenters. The zero-order chi connectivity index (χ0) is 15.9. The van der Waals surface area contributed by atoms with Gasteiger partial charge in [-0.05, 0) is 35.7 Å². The molecular formula is C18H20ClNO2. The summed E-state index contributed by atoms with van der Waals surface area (Å²) < 4.78 is 5.33. The van der Waals surface area contributed by atoms with Gasteiger partial charge in [-0.15, -0.1) is 0 Å². The van der Waals surface area contributed by atoms with Gasteiger partial charge in [-0.25, -0.2) is 0 Å². The maximum absolute atomic E-state index is 12.2. The van der Waals surface area contributed by atoms with Gasteiger partial charge in [0, 0.05) is 18.6 Å². The Balaban J connectivity index is 1.90. The predicted molar refractivity (Wildman–Crippen MR) is 89.5 cm³/mol. The third-order valence-corrected chi connectivity index (χ3v) is 3.86. The molecule has 0 aliphatic rings. The lowest BCUT2D eigenvalue weighted by Crippen LogP contribution is -2.30. The number of rotatable bonds is 6. The zero-order valence-electron chi connectivity index (χ0n) is 12.9. The van der Waals surface area contributed by atoms with E-state index in [2.05, 4.69) is 0 Å². The lowest BCUT2D eigenvalue weighted by Gasteiger charge is -2.18. The number of carbonyl (C=O) groups is 1. The van der Waals surface area contributed by atoms with Crippen molar-refractivity contribution >= 4 is 17.5 Å². The van der Waals surface area contributed by atoms with E-state index in [1.807, 2.05) is 43.4 Å². The van der Waals surface area contributed by atoms with Crippen molar-refractivity contribution in [2.45, 2.75) is 12.8 Å². The third kappa shape index (κ3) is 4.50. The molecular weight excluding hydrogens is 298 g/mol. The largest absolute Gasteiger partial charge is 0.496 e. The second-order valence-corrected chi connectivity index (χ2v) is 5.62. The summed E-state index contributed by atoms with van der Waals surface area (Å²) in [6, 6.07) is 15.3. The molecule has 1 amide bonds. The first-order valence-corrected chi connectivity index (χ1v) is 7.58. The van der Waals surface area contributed by atoms with E-state index >= 15 is 0 Å². The normalized spacial score (nSPS) is 10.3. The summed E-state index contributed by atoms with van der Waals surface area (Å²) in [5, 5.41) is 0.681. The van der Waals surface area contributed by atoms with Crippen LogP contribution in [0.25, 0.3) is 0 Å². The van der Waals surface area contributed by atoms with Crippen molar-refractivity contribution in [3.63, 3.8) is 0 Å². The molecule has 0 saturated carbocycles. The molecule has 2 aromatic rings. The van der Waals surface area contributed by atoms with Crippen molar-refractivity contribution < 1.29 is 9.53 Å². The summed E-state index contributed by atoms with van der Waals surface area (Å²) >= 11 is 5.85. The second kappa shape index (κ2) is 7.85. The topological polar surface area (TPSA) is 29.5 Å². The molecule has 0 saturated heterocycles. The predicted octanol–water partition coefficient (Wildman–Crippen LogP) is 3.59. The minimum absolute atomic E-state index is 0.0946. The maximum Gasteiger partial charge on any atom is 0.226 e. The molecule has 0 aromatic heterocycles. The van der Waals surface area contributed by atoms with Crippen LogP contribution in [0.1, 0.15) is 11.1 Å². The third-order valence-electron chi connectivity index (χ3n) is 3.60. The van der Waals surface area contributed by atoms with Gasteiger partial charge in [0.1, 0.15) is 5.75 Å². The van der Waals surface area contributed by atoms with E-state index in [9.17, 15) is 4.79 Å². The van der Waals surface area contributed by atoms with Crippen LogP contribution in [0.15, 0.2) is 48.5 Å². The molecule has 0 radical (unpaired) electrons. The van der Waals surface area contributed by atoms with Crippen molar-refractivity contribution in [2.24, 2.45) is 0 Å². The summed E-state index contributed by atoms with van der Waals surface area (Å²) in [5.41, 5.74) is 2.08. The Bertz CT molecular complexity index is 625. The molecule has 3 nitrogen and oxygen atoms in total. The number of nitrogens with zero attached hydrogens (tertiary/aromatic N) is 1. The molecule has 0 spiro atoms. The Morgan fingerprint density at radius 2 is 1.82 bits per heavy atom. The highest BCUT2D eigenvalue weighted by Crippen LogP contribution is 2.18. The summed E-state index contributed by atoms with van der Waals surface area (Å²) in [4.78, 5) is 14.0. The van der Waals surface area contributed by atoms with Crippen LogP contribution >= 0.6 is 11.6 Å². The Morgan fingerprint density at radius 1 is 1.14 bits per heavy atom. The molecule has 4 heteroatoms. The molecule has 2 aromatic carbocycles. The summed E-state index contributed by atoms with van der Waals surface area (Å²) in [5.74, 6) is 0.957. The molecule has 2 rings (SSSR count). The SMILES string of the molecule is COc1ccccc1CCN(C)C(=O)Cc1ccc(Cl)cc1. The van der Waals surface area contributed by atoms with Gasteiger partial charge in [-0.2, -0.15) is 0 Å². The number of para-hydroxylation sites is 1. The van der Waals surface area contributed by atoms with Crippen molar-refractivity contribution in [2.75, 3.05) is 20.7 Å². The van der Waals surface area contributed by atoms with Gasteiger partial charge in [0.15, 0.2) is 0 Å². The van der Waals surface area contributed by atoms with Crippen molar-refractivity contribution in [3.05, 3.63) is 64.7 Å². The van der Waals surface area contributed by atoms with E-state index in [0.29, 0.717) is 18.0 Å². The highest BCUT2D eigenvalue weighted by Gasteiger charge is 2.11. The number of carbonyl (C=O) groups excluding carboxylic acids is 1. The first-order chi connectivity index (χ1) is 10.6. The molecule has 0 aliphatic carbocycles.